The molecule has 1 aromatic heterocycles. The summed E-state index contributed by atoms with van der Waals surface area (Å²) in [6.45, 7) is 1.92. The molecule has 82 valence electrons. The van der Waals surface area contributed by atoms with E-state index in [1.54, 1.807) is 0 Å². The van der Waals surface area contributed by atoms with Crippen LogP contribution in [0.1, 0.15) is 61.8 Å². The molecular formula is C12H17ClN2. The second-order valence-corrected chi connectivity index (χ2v) is 4.95. The lowest BCUT2D eigenvalue weighted by Gasteiger charge is -2.21. The van der Waals surface area contributed by atoms with Crippen molar-refractivity contribution in [3.05, 3.63) is 23.8 Å². The highest BCUT2D eigenvalue weighted by Gasteiger charge is 2.17. The van der Waals surface area contributed by atoms with E-state index in [9.17, 15) is 0 Å². The molecule has 3 heteroatoms. The van der Waals surface area contributed by atoms with E-state index in [0.29, 0.717) is 5.92 Å². The molecule has 1 fully saturated rings. The summed E-state index contributed by atoms with van der Waals surface area (Å²) in [5.41, 5.74) is 1.19. The van der Waals surface area contributed by atoms with Gasteiger partial charge in [-0.2, -0.15) is 0 Å². The minimum absolute atomic E-state index is 0.0893. The van der Waals surface area contributed by atoms with Crippen molar-refractivity contribution in [2.75, 3.05) is 0 Å². The lowest BCUT2D eigenvalue weighted by atomic mass is 9.87. The highest BCUT2D eigenvalue weighted by molar-refractivity contribution is 6.20. The second-order valence-electron chi connectivity index (χ2n) is 4.29. The Balaban J connectivity index is 2.16. The fourth-order valence-corrected chi connectivity index (χ4v) is 2.31. The SMILES string of the molecule is CC(Cl)c1nccc(C2CCCCC2)n1. The van der Waals surface area contributed by atoms with Gasteiger partial charge in [0.15, 0.2) is 0 Å². The van der Waals surface area contributed by atoms with Crippen molar-refractivity contribution in [2.24, 2.45) is 0 Å². The highest BCUT2D eigenvalue weighted by atomic mass is 35.5. The van der Waals surface area contributed by atoms with Crippen molar-refractivity contribution in [1.82, 2.24) is 9.97 Å². The van der Waals surface area contributed by atoms with E-state index in [0.717, 1.165) is 5.82 Å². The topological polar surface area (TPSA) is 25.8 Å². The van der Waals surface area contributed by atoms with Crippen LogP contribution in [0.5, 0.6) is 0 Å². The molecule has 0 aromatic carbocycles. The van der Waals surface area contributed by atoms with E-state index >= 15 is 0 Å². The number of aromatic nitrogens is 2. The Hall–Kier alpha value is -0.630. The van der Waals surface area contributed by atoms with Crippen molar-refractivity contribution in [3.8, 4) is 0 Å². The predicted octanol–water partition coefficient (Wildman–Crippen LogP) is 3.82. The van der Waals surface area contributed by atoms with Gasteiger partial charge in [-0.3, -0.25) is 0 Å². The summed E-state index contributed by atoms with van der Waals surface area (Å²) in [6.07, 6.45) is 8.42. The molecule has 0 aliphatic heterocycles. The molecule has 0 amide bonds. The van der Waals surface area contributed by atoms with E-state index in [1.165, 1.54) is 37.8 Å². The maximum atomic E-state index is 5.99. The molecule has 0 bridgehead atoms. The molecule has 15 heavy (non-hydrogen) atoms. The number of hydrogen-bond acceptors (Lipinski definition) is 2. The van der Waals surface area contributed by atoms with E-state index in [1.807, 2.05) is 19.2 Å². The Morgan fingerprint density at radius 2 is 2.07 bits per heavy atom. The van der Waals surface area contributed by atoms with E-state index in [-0.39, 0.29) is 5.38 Å². The Bertz CT molecular complexity index is 319. The highest BCUT2D eigenvalue weighted by Crippen LogP contribution is 2.31. The number of hydrogen-bond donors (Lipinski definition) is 0. The molecule has 1 unspecified atom stereocenters. The van der Waals surface area contributed by atoms with E-state index in [2.05, 4.69) is 9.97 Å². The summed E-state index contributed by atoms with van der Waals surface area (Å²) >= 11 is 5.99. The average molecular weight is 225 g/mol. The first-order chi connectivity index (χ1) is 7.27. The van der Waals surface area contributed by atoms with Crippen LogP contribution in [0.25, 0.3) is 0 Å². The van der Waals surface area contributed by atoms with Crippen molar-refractivity contribution >= 4 is 11.6 Å². The zero-order chi connectivity index (χ0) is 10.7. The maximum absolute atomic E-state index is 5.99. The fraction of sp³-hybridized carbons (Fsp3) is 0.667. The van der Waals surface area contributed by atoms with Gasteiger partial charge in [0.1, 0.15) is 5.82 Å². The van der Waals surface area contributed by atoms with Crippen LogP contribution in [0.2, 0.25) is 0 Å². The summed E-state index contributed by atoms with van der Waals surface area (Å²) in [5, 5.41) is -0.0893. The normalized spacial score (nSPS) is 20.1. The van der Waals surface area contributed by atoms with E-state index in [4.69, 9.17) is 11.6 Å². The van der Waals surface area contributed by atoms with Gasteiger partial charge in [-0.1, -0.05) is 19.3 Å². The third-order valence-electron chi connectivity index (χ3n) is 3.07. The molecule has 1 aliphatic rings. The van der Waals surface area contributed by atoms with Crippen LogP contribution in [0, 0.1) is 0 Å². The molecule has 0 saturated heterocycles. The van der Waals surface area contributed by atoms with Gasteiger partial charge in [0, 0.05) is 17.8 Å². The summed E-state index contributed by atoms with van der Waals surface area (Å²) in [5.74, 6) is 1.40. The Labute approximate surface area is 96.1 Å². The van der Waals surface area contributed by atoms with Crippen LogP contribution in [0.3, 0.4) is 0 Å². The van der Waals surface area contributed by atoms with Crippen molar-refractivity contribution in [2.45, 2.75) is 50.3 Å². The van der Waals surface area contributed by atoms with Crippen LogP contribution in [-0.2, 0) is 0 Å². The first kappa shape index (κ1) is 10.9. The molecular weight excluding hydrogens is 208 g/mol. The van der Waals surface area contributed by atoms with Gasteiger partial charge in [-0.15, -0.1) is 11.6 Å². The molecule has 1 heterocycles. The second kappa shape index (κ2) is 4.93. The lowest BCUT2D eigenvalue weighted by molar-refractivity contribution is 0.435. The van der Waals surface area contributed by atoms with Gasteiger partial charge >= 0.3 is 0 Å². The number of rotatable bonds is 2. The van der Waals surface area contributed by atoms with Gasteiger partial charge in [0.05, 0.1) is 5.38 Å². The molecule has 2 rings (SSSR count). The number of halogens is 1. The minimum atomic E-state index is -0.0893. The average Bonchev–Trinajstić information content (AvgIpc) is 2.30. The van der Waals surface area contributed by atoms with Gasteiger partial charge in [-0.05, 0) is 25.8 Å². The molecule has 0 N–H and O–H groups in total. The zero-order valence-corrected chi connectivity index (χ0v) is 9.87. The molecule has 2 nitrogen and oxygen atoms in total. The van der Waals surface area contributed by atoms with Gasteiger partial charge in [-0.25, -0.2) is 9.97 Å². The predicted molar refractivity (Wildman–Crippen MR) is 62.1 cm³/mol. The minimum Gasteiger partial charge on any atom is -0.240 e. The van der Waals surface area contributed by atoms with Crippen molar-refractivity contribution in [1.29, 1.82) is 0 Å². The van der Waals surface area contributed by atoms with Gasteiger partial charge < -0.3 is 0 Å². The molecule has 1 aliphatic carbocycles. The fourth-order valence-electron chi connectivity index (χ4n) is 2.21. The third-order valence-corrected chi connectivity index (χ3v) is 3.27. The molecule has 1 atom stereocenters. The largest absolute Gasteiger partial charge is 0.240 e. The monoisotopic (exact) mass is 224 g/mol. The number of alkyl halides is 1. The van der Waals surface area contributed by atoms with Crippen LogP contribution >= 0.6 is 11.6 Å². The zero-order valence-electron chi connectivity index (χ0n) is 9.12. The Morgan fingerprint density at radius 3 is 2.73 bits per heavy atom. The maximum Gasteiger partial charge on any atom is 0.146 e. The molecule has 0 spiro atoms. The first-order valence-electron chi connectivity index (χ1n) is 5.74. The molecule has 1 saturated carbocycles. The summed E-state index contributed by atoms with van der Waals surface area (Å²) < 4.78 is 0. The lowest BCUT2D eigenvalue weighted by Crippen LogP contribution is -2.08. The van der Waals surface area contributed by atoms with Crippen molar-refractivity contribution in [3.63, 3.8) is 0 Å². The van der Waals surface area contributed by atoms with Gasteiger partial charge in [0.25, 0.3) is 0 Å². The first-order valence-corrected chi connectivity index (χ1v) is 6.18. The standard InChI is InChI=1S/C12H17ClN2/c1-9(13)12-14-8-7-11(15-12)10-5-3-2-4-6-10/h7-10H,2-6H2,1H3. The van der Waals surface area contributed by atoms with Crippen LogP contribution in [-0.4, -0.2) is 9.97 Å². The molecule has 0 radical (unpaired) electrons. The third kappa shape index (κ3) is 2.69. The van der Waals surface area contributed by atoms with E-state index < -0.39 is 0 Å². The summed E-state index contributed by atoms with van der Waals surface area (Å²) in [7, 11) is 0. The number of nitrogens with zero attached hydrogens (tertiary/aromatic N) is 2. The van der Waals surface area contributed by atoms with Crippen molar-refractivity contribution < 1.29 is 0 Å². The van der Waals surface area contributed by atoms with Crippen LogP contribution in [0.4, 0.5) is 0 Å². The van der Waals surface area contributed by atoms with Gasteiger partial charge in [0.2, 0.25) is 0 Å². The van der Waals surface area contributed by atoms with Crippen LogP contribution in [0.15, 0.2) is 12.3 Å². The smallest absolute Gasteiger partial charge is 0.146 e. The Kier molecular flexibility index (Phi) is 3.57. The van der Waals surface area contributed by atoms with Crippen LogP contribution < -0.4 is 0 Å². The molecule has 1 aromatic rings. The summed E-state index contributed by atoms with van der Waals surface area (Å²) in [6, 6.07) is 2.04. The Morgan fingerprint density at radius 1 is 1.33 bits per heavy atom. The quantitative estimate of drug-likeness (QED) is 0.714. The summed E-state index contributed by atoms with van der Waals surface area (Å²) in [4.78, 5) is 8.74.